The highest BCUT2D eigenvalue weighted by Gasteiger charge is 2.35. The molecule has 1 aliphatic rings. The van der Waals surface area contributed by atoms with Gasteiger partial charge in [0, 0.05) is 12.6 Å². The van der Waals surface area contributed by atoms with Crippen molar-refractivity contribution in [1.82, 2.24) is 19.0 Å². The monoisotopic (exact) mass is 522 g/mol. The van der Waals surface area contributed by atoms with E-state index >= 15 is 0 Å². The summed E-state index contributed by atoms with van der Waals surface area (Å²) in [7, 11) is 3.12. The first-order valence-corrected chi connectivity index (χ1v) is 13.3. The molecule has 2 amide bonds. The van der Waals surface area contributed by atoms with Gasteiger partial charge in [0.1, 0.15) is 6.04 Å². The number of ether oxygens (including phenoxy) is 2. The molecule has 1 aromatic heterocycles. The van der Waals surface area contributed by atoms with Crippen LogP contribution in [0.25, 0.3) is 0 Å². The lowest BCUT2D eigenvalue weighted by Crippen LogP contribution is -2.47. The smallest absolute Gasteiger partial charge is 0.276 e. The van der Waals surface area contributed by atoms with E-state index in [1.807, 2.05) is 32.0 Å². The summed E-state index contributed by atoms with van der Waals surface area (Å²) < 4.78 is 19.2. The Balaban J connectivity index is 1.80. The van der Waals surface area contributed by atoms with Crippen LogP contribution < -0.4 is 14.8 Å². The molecule has 0 saturated heterocycles. The molecule has 0 radical (unpaired) electrons. The summed E-state index contributed by atoms with van der Waals surface area (Å²) in [6.45, 7) is 4.28. The van der Waals surface area contributed by atoms with E-state index in [0.29, 0.717) is 17.1 Å². The standard InChI is InChI=1S/C28H34N4O4S/c1-18-10-11-21(19(2)14-18)17-32(28(34)23-16-29-37-31-23)26(27(33)30-22-8-6-5-7-9-22)20-12-13-24(35-3)25(15-20)36-4/h10-16,22,26H,5-9,17H2,1-4H3,(H,30,33). The number of aryl methyl sites for hydroxylation is 2. The van der Waals surface area contributed by atoms with E-state index in [4.69, 9.17) is 9.47 Å². The van der Waals surface area contributed by atoms with Gasteiger partial charge in [0.15, 0.2) is 17.2 Å². The van der Waals surface area contributed by atoms with Crippen LogP contribution in [0, 0.1) is 13.8 Å². The Hall–Kier alpha value is -3.46. The minimum atomic E-state index is -0.906. The lowest BCUT2D eigenvalue weighted by molar-refractivity contribution is -0.127. The van der Waals surface area contributed by atoms with E-state index in [-0.39, 0.29) is 30.1 Å². The Kier molecular flexibility index (Phi) is 8.76. The summed E-state index contributed by atoms with van der Waals surface area (Å²) in [4.78, 5) is 29.5. The molecule has 0 aliphatic heterocycles. The summed E-state index contributed by atoms with van der Waals surface area (Å²) in [5.74, 6) is 0.464. The van der Waals surface area contributed by atoms with Gasteiger partial charge in [-0.1, -0.05) is 49.1 Å². The number of carbonyl (C=O) groups excluding carboxylic acids is 2. The number of amides is 2. The second kappa shape index (κ2) is 12.2. The van der Waals surface area contributed by atoms with Gasteiger partial charge in [-0.25, -0.2) is 0 Å². The van der Waals surface area contributed by atoms with Crippen LogP contribution in [0.4, 0.5) is 0 Å². The number of nitrogens with zero attached hydrogens (tertiary/aromatic N) is 3. The molecule has 1 saturated carbocycles. The molecule has 37 heavy (non-hydrogen) atoms. The molecule has 1 aliphatic carbocycles. The number of benzene rings is 2. The average molecular weight is 523 g/mol. The summed E-state index contributed by atoms with van der Waals surface area (Å²) >= 11 is 0.968. The maximum absolute atomic E-state index is 14.0. The third kappa shape index (κ3) is 6.28. The van der Waals surface area contributed by atoms with E-state index in [1.54, 1.807) is 31.3 Å². The number of methoxy groups -OCH3 is 2. The zero-order valence-corrected chi connectivity index (χ0v) is 22.6. The Bertz CT molecular complexity index is 1220. The lowest BCUT2D eigenvalue weighted by atomic mass is 9.94. The van der Waals surface area contributed by atoms with Crippen LogP contribution in [0.15, 0.2) is 42.6 Å². The van der Waals surface area contributed by atoms with Crippen molar-refractivity contribution in [3.8, 4) is 11.5 Å². The van der Waals surface area contributed by atoms with Crippen molar-refractivity contribution >= 4 is 23.5 Å². The summed E-state index contributed by atoms with van der Waals surface area (Å²) in [5.41, 5.74) is 3.98. The maximum Gasteiger partial charge on any atom is 0.276 e. The third-order valence-corrected chi connectivity index (χ3v) is 7.39. The number of rotatable bonds is 9. The summed E-state index contributed by atoms with van der Waals surface area (Å²) in [5, 5.41) is 3.24. The van der Waals surface area contributed by atoms with Crippen molar-refractivity contribution in [2.24, 2.45) is 0 Å². The molecule has 8 nitrogen and oxygen atoms in total. The molecule has 196 valence electrons. The topological polar surface area (TPSA) is 93.7 Å². The molecule has 3 aromatic rings. The first-order chi connectivity index (χ1) is 17.9. The number of carbonyl (C=O) groups is 2. The molecule has 0 spiro atoms. The summed E-state index contributed by atoms with van der Waals surface area (Å²) in [6, 6.07) is 10.6. The van der Waals surface area contributed by atoms with Gasteiger partial charge in [-0.05, 0) is 55.5 Å². The fraction of sp³-hybridized carbons (Fsp3) is 0.429. The van der Waals surface area contributed by atoms with Crippen molar-refractivity contribution in [1.29, 1.82) is 0 Å². The fourth-order valence-corrected chi connectivity index (χ4v) is 5.32. The van der Waals surface area contributed by atoms with Crippen LogP contribution in [0.5, 0.6) is 11.5 Å². The van der Waals surface area contributed by atoms with E-state index in [1.165, 1.54) is 12.6 Å². The summed E-state index contributed by atoms with van der Waals surface area (Å²) in [6.07, 6.45) is 6.67. The fourth-order valence-electron chi connectivity index (χ4n) is 4.92. The molecule has 9 heteroatoms. The minimum absolute atomic E-state index is 0.0860. The van der Waals surface area contributed by atoms with Crippen LogP contribution in [0.3, 0.4) is 0 Å². The lowest BCUT2D eigenvalue weighted by Gasteiger charge is -2.33. The second-order valence-corrected chi connectivity index (χ2v) is 10.1. The minimum Gasteiger partial charge on any atom is -0.493 e. The van der Waals surface area contributed by atoms with Crippen LogP contribution in [0.1, 0.15) is 70.9 Å². The SMILES string of the molecule is COc1ccc(C(C(=O)NC2CCCCC2)N(Cc2ccc(C)cc2C)C(=O)c2cnsn2)cc1OC. The number of aromatic nitrogens is 2. The van der Waals surface area contributed by atoms with Gasteiger partial charge in [-0.3, -0.25) is 9.59 Å². The van der Waals surface area contributed by atoms with Crippen LogP contribution in [-0.2, 0) is 11.3 Å². The molecule has 1 heterocycles. The van der Waals surface area contributed by atoms with Crippen LogP contribution >= 0.6 is 11.7 Å². The van der Waals surface area contributed by atoms with E-state index in [2.05, 4.69) is 20.1 Å². The third-order valence-electron chi connectivity index (χ3n) is 6.91. The van der Waals surface area contributed by atoms with Crippen LogP contribution in [-0.4, -0.2) is 45.7 Å². The van der Waals surface area contributed by atoms with Gasteiger partial charge in [0.05, 0.1) is 32.1 Å². The largest absolute Gasteiger partial charge is 0.493 e. The first kappa shape index (κ1) is 26.6. The number of nitrogens with one attached hydrogen (secondary N) is 1. The Morgan fingerprint density at radius 2 is 1.81 bits per heavy atom. The van der Waals surface area contributed by atoms with E-state index in [0.717, 1.165) is 54.1 Å². The Morgan fingerprint density at radius 1 is 1.05 bits per heavy atom. The van der Waals surface area contributed by atoms with Gasteiger partial charge in [-0.15, -0.1) is 0 Å². The highest BCUT2D eigenvalue weighted by Crippen LogP contribution is 2.34. The molecule has 1 fully saturated rings. The molecule has 1 unspecified atom stereocenters. The molecular formula is C28H34N4O4S. The van der Waals surface area contributed by atoms with Crippen LogP contribution in [0.2, 0.25) is 0 Å². The molecule has 2 aromatic carbocycles. The zero-order chi connectivity index (χ0) is 26.4. The van der Waals surface area contributed by atoms with Crippen molar-refractivity contribution in [2.45, 2.75) is 64.6 Å². The zero-order valence-electron chi connectivity index (χ0n) is 21.8. The average Bonchev–Trinajstić information content (AvgIpc) is 3.45. The number of hydrogen-bond acceptors (Lipinski definition) is 7. The maximum atomic E-state index is 14.0. The van der Waals surface area contributed by atoms with Gasteiger partial charge >= 0.3 is 0 Å². The molecule has 1 atom stereocenters. The Morgan fingerprint density at radius 3 is 2.46 bits per heavy atom. The van der Waals surface area contributed by atoms with Gasteiger partial charge in [0.25, 0.3) is 5.91 Å². The first-order valence-electron chi connectivity index (χ1n) is 12.6. The van der Waals surface area contributed by atoms with Crippen molar-refractivity contribution in [3.63, 3.8) is 0 Å². The quantitative estimate of drug-likeness (QED) is 0.425. The predicted octanol–water partition coefficient (Wildman–Crippen LogP) is 5.00. The molecule has 1 N–H and O–H groups in total. The van der Waals surface area contributed by atoms with E-state index < -0.39 is 6.04 Å². The molecular weight excluding hydrogens is 488 g/mol. The van der Waals surface area contributed by atoms with E-state index in [9.17, 15) is 9.59 Å². The Labute approximate surface area is 222 Å². The van der Waals surface area contributed by atoms with Crippen molar-refractivity contribution < 1.29 is 19.1 Å². The van der Waals surface area contributed by atoms with Crippen molar-refractivity contribution in [3.05, 3.63) is 70.5 Å². The molecule has 0 bridgehead atoms. The van der Waals surface area contributed by atoms with Crippen molar-refractivity contribution in [2.75, 3.05) is 14.2 Å². The van der Waals surface area contributed by atoms with Gasteiger partial charge < -0.3 is 19.7 Å². The van der Waals surface area contributed by atoms with Gasteiger partial charge in [-0.2, -0.15) is 8.75 Å². The molecule has 4 rings (SSSR count). The second-order valence-electron chi connectivity index (χ2n) is 9.52. The highest BCUT2D eigenvalue weighted by atomic mass is 32.1. The normalized spacial score (nSPS) is 14.6. The number of hydrogen-bond donors (Lipinski definition) is 1. The predicted molar refractivity (Wildman–Crippen MR) is 143 cm³/mol. The highest BCUT2D eigenvalue weighted by molar-refractivity contribution is 6.99. The van der Waals surface area contributed by atoms with Gasteiger partial charge in [0.2, 0.25) is 5.91 Å².